The molecule has 5 rings (SSSR count). The van der Waals surface area contributed by atoms with Crippen LogP contribution in [0.15, 0.2) is 53.6 Å². The van der Waals surface area contributed by atoms with Gasteiger partial charge in [0.05, 0.1) is 18.1 Å². The summed E-state index contributed by atoms with van der Waals surface area (Å²) in [6, 6.07) is 11.8. The summed E-state index contributed by atoms with van der Waals surface area (Å²) in [5.74, 6) is 0.591. The Labute approximate surface area is 259 Å². The zero-order valence-corrected chi connectivity index (χ0v) is 26.8. The molecule has 1 atom stereocenters. The van der Waals surface area contributed by atoms with E-state index in [1.807, 2.05) is 22.8 Å². The highest BCUT2D eigenvalue weighted by Crippen LogP contribution is 2.33. The van der Waals surface area contributed by atoms with Crippen LogP contribution in [0.3, 0.4) is 0 Å². The van der Waals surface area contributed by atoms with Crippen molar-refractivity contribution in [1.82, 2.24) is 19.4 Å². The summed E-state index contributed by atoms with van der Waals surface area (Å²) < 4.78 is 50.6. The summed E-state index contributed by atoms with van der Waals surface area (Å²) in [6.45, 7) is 9.17. The zero-order chi connectivity index (χ0) is 31.4. The first-order valence-corrected chi connectivity index (χ1v) is 16.9. The fourth-order valence-electron chi connectivity index (χ4n) is 5.89. The van der Waals surface area contributed by atoms with Crippen molar-refractivity contribution in [2.75, 3.05) is 30.7 Å². The van der Waals surface area contributed by atoms with Gasteiger partial charge in [-0.25, -0.2) is 22.8 Å². The Balaban J connectivity index is 1.38. The van der Waals surface area contributed by atoms with E-state index in [1.165, 1.54) is 44.9 Å². The minimum Gasteiger partial charge on any atom is -0.480 e. The molecule has 4 aromatic rings. The number of sulfonamides is 1. The summed E-state index contributed by atoms with van der Waals surface area (Å²) in [5.41, 5.74) is 10.3. The summed E-state index contributed by atoms with van der Waals surface area (Å²) >= 11 is 0. The number of ether oxygens (including phenoxy) is 1. The van der Waals surface area contributed by atoms with E-state index >= 15 is 0 Å². The minimum atomic E-state index is -4.24. The average molecular weight is 623 g/mol. The number of nitrogens with zero attached hydrogens (tertiary/aromatic N) is 4. The number of nitrogens with one attached hydrogen (secondary N) is 1. The van der Waals surface area contributed by atoms with Crippen molar-refractivity contribution in [2.45, 2.75) is 76.8 Å². The first-order chi connectivity index (χ1) is 21.1. The molecule has 236 valence electrons. The quantitative estimate of drug-likeness (QED) is 0.162. The molecule has 0 bridgehead atoms. The number of nitrogens with two attached hydrogens (primary N) is 1. The second-order valence-electron chi connectivity index (χ2n) is 11.9. The molecule has 0 radical (unpaired) electrons. The summed E-state index contributed by atoms with van der Waals surface area (Å²) in [5, 5.41) is 0. The molecule has 3 N–H and O–H groups in total. The number of anilines is 2. The molecular weight excluding hydrogens is 579 g/mol. The predicted octanol–water partition coefficient (Wildman–Crippen LogP) is 6.62. The molecule has 2 aromatic heterocycles. The van der Waals surface area contributed by atoms with Gasteiger partial charge in [-0.05, 0) is 93.6 Å². The fraction of sp³-hybridized carbons (Fsp3) is 0.455. The summed E-state index contributed by atoms with van der Waals surface area (Å²) in [7, 11) is -2.85. The van der Waals surface area contributed by atoms with Crippen LogP contribution < -0.4 is 15.2 Å². The number of halogens is 1. The Hall–Kier alpha value is -3.70. The Morgan fingerprint density at radius 2 is 1.95 bits per heavy atom. The SMILES string of the molecule is CCCN(CCC1CCC1)C(C)CCn1c(N)nc2ccc(-c3cnc(OC)c(NS(=O)(=O)c4ccc(C)cc4F)c3)cc21. The Bertz CT molecular complexity index is 1720. The molecule has 0 aliphatic heterocycles. The average Bonchev–Trinajstić information content (AvgIpc) is 3.28. The molecule has 0 spiro atoms. The van der Waals surface area contributed by atoms with Crippen molar-refractivity contribution in [2.24, 2.45) is 5.92 Å². The molecule has 0 saturated heterocycles. The lowest BCUT2D eigenvalue weighted by molar-refractivity contribution is 0.164. The summed E-state index contributed by atoms with van der Waals surface area (Å²) in [6.07, 6.45) is 9.07. The van der Waals surface area contributed by atoms with Crippen molar-refractivity contribution in [3.05, 3.63) is 60.0 Å². The van der Waals surface area contributed by atoms with Crippen LogP contribution in [0.2, 0.25) is 0 Å². The van der Waals surface area contributed by atoms with E-state index in [0.29, 0.717) is 23.1 Å². The van der Waals surface area contributed by atoms with Gasteiger partial charge in [0.1, 0.15) is 16.4 Å². The minimum absolute atomic E-state index is 0.0724. The number of fused-ring (bicyclic) bond motifs is 1. The number of pyridine rings is 1. The predicted molar refractivity (Wildman–Crippen MR) is 174 cm³/mol. The van der Waals surface area contributed by atoms with Crippen LogP contribution in [-0.4, -0.2) is 54.1 Å². The van der Waals surface area contributed by atoms with E-state index in [1.54, 1.807) is 25.3 Å². The van der Waals surface area contributed by atoms with E-state index in [2.05, 4.69) is 33.4 Å². The van der Waals surface area contributed by atoms with Crippen LogP contribution in [0.25, 0.3) is 22.2 Å². The van der Waals surface area contributed by atoms with E-state index in [9.17, 15) is 12.8 Å². The highest BCUT2D eigenvalue weighted by Gasteiger charge is 2.23. The van der Waals surface area contributed by atoms with Gasteiger partial charge in [0.25, 0.3) is 10.0 Å². The number of imidazole rings is 1. The third kappa shape index (κ3) is 6.99. The molecular formula is C33H43FN6O3S. The van der Waals surface area contributed by atoms with Gasteiger partial charge in [0.2, 0.25) is 11.8 Å². The largest absolute Gasteiger partial charge is 0.480 e. The normalized spacial score (nSPS) is 14.6. The second-order valence-corrected chi connectivity index (χ2v) is 13.6. The molecule has 1 saturated carbocycles. The van der Waals surface area contributed by atoms with Crippen molar-refractivity contribution in [3.8, 4) is 17.0 Å². The molecule has 1 aliphatic rings. The van der Waals surface area contributed by atoms with Crippen molar-refractivity contribution >= 4 is 32.7 Å². The first-order valence-electron chi connectivity index (χ1n) is 15.4. The topological polar surface area (TPSA) is 115 Å². The molecule has 2 aromatic carbocycles. The van der Waals surface area contributed by atoms with Crippen LogP contribution in [-0.2, 0) is 16.6 Å². The van der Waals surface area contributed by atoms with Gasteiger partial charge < -0.3 is 19.9 Å². The Morgan fingerprint density at radius 3 is 2.64 bits per heavy atom. The van der Waals surface area contributed by atoms with E-state index in [0.717, 1.165) is 55.0 Å². The smallest absolute Gasteiger partial charge is 0.264 e. The van der Waals surface area contributed by atoms with Gasteiger partial charge in [0, 0.05) is 24.3 Å². The van der Waals surface area contributed by atoms with Gasteiger partial charge in [-0.3, -0.25) is 4.72 Å². The molecule has 1 aliphatic carbocycles. The zero-order valence-electron chi connectivity index (χ0n) is 26.0. The maximum absolute atomic E-state index is 14.6. The van der Waals surface area contributed by atoms with Gasteiger partial charge >= 0.3 is 0 Å². The molecule has 1 fully saturated rings. The van der Waals surface area contributed by atoms with Gasteiger partial charge in [0.15, 0.2) is 0 Å². The number of nitrogen functional groups attached to an aromatic ring is 1. The first kappa shape index (κ1) is 31.7. The maximum atomic E-state index is 14.6. The molecule has 9 nitrogen and oxygen atoms in total. The van der Waals surface area contributed by atoms with Crippen LogP contribution in [0, 0.1) is 18.7 Å². The number of aromatic nitrogens is 3. The third-order valence-corrected chi connectivity index (χ3v) is 10.1. The standard InChI is InChI=1S/C33H43FN6O3S/c1-5-15-39(16-14-24-7-6-8-24)23(3)13-17-40-30-20-25(10-11-28(30)37-33(40)35)26-19-29(32(43-4)36-21-26)38-44(41,42)31-12-9-22(2)18-27(31)34/h9-12,18-21,23-24,38H,5-8,13-17H2,1-4H3,(H2,35,37). The molecule has 44 heavy (non-hydrogen) atoms. The third-order valence-electron chi connectivity index (χ3n) is 8.73. The lowest BCUT2D eigenvalue weighted by Crippen LogP contribution is -2.36. The van der Waals surface area contributed by atoms with Crippen LogP contribution >= 0.6 is 0 Å². The van der Waals surface area contributed by atoms with Gasteiger partial charge in [-0.15, -0.1) is 0 Å². The van der Waals surface area contributed by atoms with E-state index in [4.69, 9.17) is 10.5 Å². The molecule has 1 unspecified atom stereocenters. The second kappa shape index (κ2) is 13.5. The lowest BCUT2D eigenvalue weighted by atomic mass is 9.83. The van der Waals surface area contributed by atoms with Crippen LogP contribution in [0.5, 0.6) is 5.88 Å². The molecule has 11 heteroatoms. The highest BCUT2D eigenvalue weighted by molar-refractivity contribution is 7.92. The summed E-state index contributed by atoms with van der Waals surface area (Å²) in [4.78, 5) is 11.1. The number of methoxy groups -OCH3 is 1. The molecule has 0 amide bonds. The molecule has 2 heterocycles. The lowest BCUT2D eigenvalue weighted by Gasteiger charge is -2.33. The van der Waals surface area contributed by atoms with E-state index < -0.39 is 20.7 Å². The van der Waals surface area contributed by atoms with E-state index in [-0.39, 0.29) is 11.6 Å². The Kier molecular flexibility index (Phi) is 9.75. The number of aryl methyl sites for hydroxylation is 2. The van der Waals surface area contributed by atoms with Crippen LogP contribution in [0.1, 0.15) is 57.9 Å². The number of benzene rings is 2. The van der Waals surface area contributed by atoms with Crippen molar-refractivity contribution in [1.29, 1.82) is 0 Å². The maximum Gasteiger partial charge on any atom is 0.264 e. The van der Waals surface area contributed by atoms with Crippen molar-refractivity contribution < 1.29 is 17.5 Å². The number of rotatable bonds is 14. The van der Waals surface area contributed by atoms with Gasteiger partial charge in [-0.2, -0.15) is 0 Å². The monoisotopic (exact) mass is 622 g/mol. The Morgan fingerprint density at radius 1 is 1.16 bits per heavy atom. The van der Waals surface area contributed by atoms with Crippen LogP contribution in [0.4, 0.5) is 16.0 Å². The fourth-order valence-corrected chi connectivity index (χ4v) is 7.00. The number of hydrogen-bond donors (Lipinski definition) is 2. The van der Waals surface area contributed by atoms with Crippen molar-refractivity contribution in [3.63, 3.8) is 0 Å². The highest BCUT2D eigenvalue weighted by atomic mass is 32.2. The number of hydrogen-bond acceptors (Lipinski definition) is 7. The van der Waals surface area contributed by atoms with Gasteiger partial charge in [-0.1, -0.05) is 38.3 Å².